The fourth-order valence-electron chi connectivity index (χ4n) is 4.13. The molecule has 2 saturated heterocycles. The Morgan fingerprint density at radius 2 is 1.74 bits per heavy atom. The van der Waals surface area contributed by atoms with Crippen molar-refractivity contribution in [3.05, 3.63) is 46.7 Å². The van der Waals surface area contributed by atoms with Crippen molar-refractivity contribution in [1.29, 1.82) is 0 Å². The average Bonchev–Trinajstić information content (AvgIpc) is 3.46. The van der Waals surface area contributed by atoms with Crippen LogP contribution >= 0.6 is 11.3 Å². The number of carbonyl (C=O) groups excluding carboxylic acids is 2. The van der Waals surface area contributed by atoms with Crippen molar-refractivity contribution in [3.63, 3.8) is 0 Å². The average molecular weight is 462 g/mol. The Bertz CT molecular complexity index is 1030. The van der Waals surface area contributed by atoms with E-state index < -0.39 is 16.1 Å². The van der Waals surface area contributed by atoms with Gasteiger partial charge in [0.15, 0.2) is 0 Å². The van der Waals surface area contributed by atoms with E-state index in [1.165, 1.54) is 27.8 Å². The summed E-state index contributed by atoms with van der Waals surface area (Å²) in [4.78, 5) is 28.0. The number of likely N-dealkylation sites (tertiary alicyclic amines) is 1. The summed E-state index contributed by atoms with van der Waals surface area (Å²) in [6, 6.07) is 9.35. The molecule has 0 aliphatic carbocycles. The highest BCUT2D eigenvalue weighted by Crippen LogP contribution is 2.26. The molecule has 166 valence electrons. The Morgan fingerprint density at radius 1 is 1.03 bits per heavy atom. The molecule has 1 N–H and O–H groups in total. The fourth-order valence-corrected chi connectivity index (χ4v) is 6.28. The van der Waals surface area contributed by atoms with Crippen LogP contribution in [0.4, 0.5) is 5.69 Å². The molecule has 1 aromatic heterocycles. The third-order valence-corrected chi connectivity index (χ3v) is 8.82. The van der Waals surface area contributed by atoms with E-state index in [9.17, 15) is 18.0 Å². The molecule has 0 spiro atoms. The van der Waals surface area contributed by atoms with Crippen LogP contribution in [-0.4, -0.2) is 55.1 Å². The molecule has 0 radical (unpaired) electrons. The smallest absolute Gasteiger partial charge is 0.264 e. The van der Waals surface area contributed by atoms with Crippen molar-refractivity contribution in [2.24, 2.45) is 5.92 Å². The van der Waals surface area contributed by atoms with Gasteiger partial charge in [-0.3, -0.25) is 9.59 Å². The summed E-state index contributed by atoms with van der Waals surface area (Å²) in [6.45, 7) is 3.77. The third-order valence-electron chi connectivity index (χ3n) is 6.05. The van der Waals surface area contributed by atoms with Crippen LogP contribution in [0.25, 0.3) is 0 Å². The number of piperidine rings is 1. The van der Waals surface area contributed by atoms with Crippen LogP contribution in [0, 0.1) is 5.92 Å². The van der Waals surface area contributed by atoms with Gasteiger partial charge in [0.25, 0.3) is 5.91 Å². The zero-order valence-electron chi connectivity index (χ0n) is 17.5. The second kappa shape index (κ2) is 9.10. The monoisotopic (exact) mass is 461 g/mol. The minimum atomic E-state index is -3.52. The normalized spacial score (nSPS) is 20.7. The number of benzene rings is 1. The maximum Gasteiger partial charge on any atom is 0.264 e. The summed E-state index contributed by atoms with van der Waals surface area (Å²) in [5.74, 6) is 0.180. The lowest BCUT2D eigenvalue weighted by molar-refractivity contribution is -0.119. The van der Waals surface area contributed by atoms with Gasteiger partial charge in [0.2, 0.25) is 15.9 Å². The van der Waals surface area contributed by atoms with E-state index in [2.05, 4.69) is 12.2 Å². The first-order valence-electron chi connectivity index (χ1n) is 10.6. The van der Waals surface area contributed by atoms with Gasteiger partial charge in [-0.2, -0.15) is 4.31 Å². The van der Waals surface area contributed by atoms with E-state index >= 15 is 0 Å². The van der Waals surface area contributed by atoms with E-state index in [1.54, 1.807) is 23.1 Å². The highest BCUT2D eigenvalue weighted by molar-refractivity contribution is 7.89. The number of anilines is 1. The molecule has 1 atom stereocenters. The summed E-state index contributed by atoms with van der Waals surface area (Å²) in [5, 5.41) is 4.69. The number of thiophene rings is 1. The van der Waals surface area contributed by atoms with E-state index in [1.807, 2.05) is 11.4 Å². The van der Waals surface area contributed by atoms with Gasteiger partial charge in [-0.15, -0.1) is 11.3 Å². The summed E-state index contributed by atoms with van der Waals surface area (Å²) in [6.07, 6.45) is 3.13. The summed E-state index contributed by atoms with van der Waals surface area (Å²) in [7, 11) is -3.52. The summed E-state index contributed by atoms with van der Waals surface area (Å²) < 4.78 is 27.3. The van der Waals surface area contributed by atoms with Crippen molar-refractivity contribution in [2.75, 3.05) is 25.0 Å². The quantitative estimate of drug-likeness (QED) is 0.739. The van der Waals surface area contributed by atoms with Gasteiger partial charge in [-0.1, -0.05) is 13.0 Å². The van der Waals surface area contributed by atoms with Crippen LogP contribution in [0.15, 0.2) is 46.7 Å². The van der Waals surface area contributed by atoms with Gasteiger partial charge in [-0.25, -0.2) is 8.42 Å². The Hall–Kier alpha value is -2.23. The lowest BCUT2D eigenvalue weighted by atomic mass is 10.0. The number of hydrogen-bond acceptors (Lipinski definition) is 5. The zero-order valence-corrected chi connectivity index (χ0v) is 19.1. The lowest BCUT2D eigenvalue weighted by Crippen LogP contribution is -2.43. The van der Waals surface area contributed by atoms with Gasteiger partial charge < -0.3 is 10.2 Å². The van der Waals surface area contributed by atoms with Crippen LogP contribution < -0.4 is 5.32 Å². The van der Waals surface area contributed by atoms with Gasteiger partial charge in [-0.05, 0) is 67.3 Å². The van der Waals surface area contributed by atoms with Crippen molar-refractivity contribution in [2.45, 2.75) is 43.5 Å². The molecule has 2 aromatic rings. The molecular formula is C22H27N3O4S2. The highest BCUT2D eigenvalue weighted by atomic mass is 32.2. The molecule has 7 nitrogen and oxygen atoms in total. The molecule has 2 aliphatic rings. The van der Waals surface area contributed by atoms with E-state index in [0.717, 1.165) is 19.3 Å². The molecule has 3 heterocycles. The molecule has 9 heteroatoms. The number of nitrogens with zero attached hydrogens (tertiary/aromatic N) is 2. The van der Waals surface area contributed by atoms with E-state index in [0.29, 0.717) is 42.5 Å². The first kappa shape index (κ1) is 22.0. The Labute approximate surface area is 187 Å². The third kappa shape index (κ3) is 4.68. The van der Waals surface area contributed by atoms with Crippen molar-refractivity contribution >= 4 is 38.9 Å². The molecule has 2 aliphatic heterocycles. The second-order valence-electron chi connectivity index (χ2n) is 8.23. The van der Waals surface area contributed by atoms with Crippen LogP contribution in [0.1, 0.15) is 42.3 Å². The molecule has 0 bridgehead atoms. The van der Waals surface area contributed by atoms with Gasteiger partial charge in [0.05, 0.1) is 9.77 Å². The van der Waals surface area contributed by atoms with E-state index in [-0.39, 0.29) is 16.7 Å². The first-order valence-corrected chi connectivity index (χ1v) is 12.9. The van der Waals surface area contributed by atoms with Crippen molar-refractivity contribution in [3.8, 4) is 0 Å². The number of carbonyl (C=O) groups is 2. The largest absolute Gasteiger partial charge is 0.326 e. The standard InChI is InChI=1S/C22H27N3O4S2/c1-16-10-13-24(14-11-16)31(28,29)18-8-6-17(7-9-18)23-21(26)19-4-2-12-25(19)22(27)20-5-3-15-30-20/h3,5-9,15-16,19H,2,4,10-14H2,1H3,(H,23,26)/t19-/m0/s1. The lowest BCUT2D eigenvalue weighted by Gasteiger charge is -2.29. The van der Waals surface area contributed by atoms with Crippen LogP contribution in [0.3, 0.4) is 0 Å². The molecule has 1 aromatic carbocycles. The van der Waals surface area contributed by atoms with Crippen LogP contribution in [0.2, 0.25) is 0 Å². The number of sulfonamides is 1. The molecule has 4 rings (SSSR count). The van der Waals surface area contributed by atoms with Crippen molar-refractivity contribution in [1.82, 2.24) is 9.21 Å². The van der Waals surface area contributed by atoms with Crippen LogP contribution in [-0.2, 0) is 14.8 Å². The Morgan fingerprint density at radius 3 is 2.39 bits per heavy atom. The van der Waals surface area contributed by atoms with Crippen LogP contribution in [0.5, 0.6) is 0 Å². The topological polar surface area (TPSA) is 86.8 Å². The maximum absolute atomic E-state index is 12.9. The minimum absolute atomic E-state index is 0.120. The molecule has 2 fully saturated rings. The number of amides is 2. The summed E-state index contributed by atoms with van der Waals surface area (Å²) >= 11 is 1.37. The Balaban J connectivity index is 1.41. The maximum atomic E-state index is 12.9. The van der Waals surface area contributed by atoms with Gasteiger partial charge in [0.1, 0.15) is 6.04 Å². The second-order valence-corrected chi connectivity index (χ2v) is 11.1. The SMILES string of the molecule is CC1CCN(S(=O)(=O)c2ccc(NC(=O)[C@@H]3CCCN3C(=O)c3cccs3)cc2)CC1. The molecule has 0 saturated carbocycles. The molecule has 31 heavy (non-hydrogen) atoms. The predicted octanol–water partition coefficient (Wildman–Crippen LogP) is 3.41. The fraction of sp³-hybridized carbons (Fsp3) is 0.455. The van der Waals surface area contributed by atoms with Gasteiger partial charge >= 0.3 is 0 Å². The number of nitrogens with one attached hydrogen (secondary N) is 1. The molecular weight excluding hydrogens is 434 g/mol. The Kier molecular flexibility index (Phi) is 6.45. The predicted molar refractivity (Wildman–Crippen MR) is 121 cm³/mol. The zero-order chi connectivity index (χ0) is 22.0. The number of hydrogen-bond donors (Lipinski definition) is 1. The highest BCUT2D eigenvalue weighted by Gasteiger charge is 2.35. The van der Waals surface area contributed by atoms with E-state index in [4.69, 9.17) is 0 Å². The summed E-state index contributed by atoms with van der Waals surface area (Å²) in [5.41, 5.74) is 0.520. The van der Waals surface area contributed by atoms with Gasteiger partial charge in [0, 0.05) is 25.3 Å². The molecule has 0 unspecified atom stereocenters. The van der Waals surface area contributed by atoms with Crippen molar-refractivity contribution < 1.29 is 18.0 Å². The molecule has 2 amide bonds. The first-order chi connectivity index (χ1) is 14.9. The minimum Gasteiger partial charge on any atom is -0.326 e. The number of rotatable bonds is 5.